The van der Waals surface area contributed by atoms with Gasteiger partial charge in [0.05, 0.1) is 6.54 Å². The number of ketones is 1. The normalized spacial score (nSPS) is 11.9. The predicted molar refractivity (Wildman–Crippen MR) is 65.1 cm³/mol. The Morgan fingerprint density at radius 1 is 1.37 bits per heavy atom. The summed E-state index contributed by atoms with van der Waals surface area (Å²) < 4.78 is 37.0. The van der Waals surface area contributed by atoms with E-state index in [4.69, 9.17) is 0 Å². The number of carbonyl (C=O) groups is 1. The van der Waals surface area contributed by atoms with Gasteiger partial charge in [-0.1, -0.05) is 6.92 Å². The monoisotopic (exact) mass is 275 g/mol. The van der Waals surface area contributed by atoms with Gasteiger partial charge in [0.1, 0.15) is 5.75 Å². The molecule has 1 aromatic rings. The SMILES string of the molecule is CCN(Cc1cc(C(C)=O)ccc1O)CC(F)(F)F. The Morgan fingerprint density at radius 3 is 2.47 bits per heavy atom. The van der Waals surface area contributed by atoms with Gasteiger partial charge >= 0.3 is 6.18 Å². The molecule has 0 atom stereocenters. The third-order valence-corrected chi connectivity index (χ3v) is 2.73. The number of halogens is 3. The number of rotatable bonds is 5. The highest BCUT2D eigenvalue weighted by Gasteiger charge is 2.30. The Hall–Kier alpha value is -1.56. The molecular formula is C13H16F3NO2. The van der Waals surface area contributed by atoms with E-state index in [9.17, 15) is 23.1 Å². The molecule has 0 amide bonds. The fourth-order valence-electron chi connectivity index (χ4n) is 1.71. The molecule has 1 N–H and O–H groups in total. The van der Waals surface area contributed by atoms with E-state index in [-0.39, 0.29) is 24.6 Å². The lowest BCUT2D eigenvalue weighted by molar-refractivity contribution is -0.146. The molecule has 0 saturated carbocycles. The van der Waals surface area contributed by atoms with Crippen LogP contribution in [0.5, 0.6) is 5.75 Å². The van der Waals surface area contributed by atoms with Gasteiger partial charge in [0.2, 0.25) is 0 Å². The van der Waals surface area contributed by atoms with Crippen molar-refractivity contribution in [1.82, 2.24) is 4.90 Å². The molecule has 6 heteroatoms. The number of nitrogens with zero attached hydrogens (tertiary/aromatic N) is 1. The molecule has 0 aromatic heterocycles. The van der Waals surface area contributed by atoms with Crippen molar-refractivity contribution < 1.29 is 23.1 Å². The fraction of sp³-hybridized carbons (Fsp3) is 0.462. The van der Waals surface area contributed by atoms with Crippen LogP contribution in [0.3, 0.4) is 0 Å². The summed E-state index contributed by atoms with van der Waals surface area (Å²) >= 11 is 0. The lowest BCUT2D eigenvalue weighted by Gasteiger charge is -2.22. The molecule has 0 fully saturated rings. The highest BCUT2D eigenvalue weighted by molar-refractivity contribution is 5.94. The molecule has 19 heavy (non-hydrogen) atoms. The van der Waals surface area contributed by atoms with Crippen molar-refractivity contribution in [2.24, 2.45) is 0 Å². The van der Waals surface area contributed by atoms with Crippen molar-refractivity contribution in [3.8, 4) is 5.75 Å². The summed E-state index contributed by atoms with van der Waals surface area (Å²) in [6.45, 7) is 2.07. The zero-order valence-electron chi connectivity index (χ0n) is 10.8. The first-order valence-electron chi connectivity index (χ1n) is 5.85. The van der Waals surface area contributed by atoms with Crippen molar-refractivity contribution in [2.45, 2.75) is 26.6 Å². The van der Waals surface area contributed by atoms with Crippen LogP contribution >= 0.6 is 0 Å². The number of benzene rings is 1. The summed E-state index contributed by atoms with van der Waals surface area (Å²) in [5, 5.41) is 9.64. The maximum Gasteiger partial charge on any atom is 0.401 e. The van der Waals surface area contributed by atoms with Crippen molar-refractivity contribution in [1.29, 1.82) is 0 Å². The molecule has 0 heterocycles. The predicted octanol–water partition coefficient (Wildman–Crippen LogP) is 2.98. The van der Waals surface area contributed by atoms with Gasteiger partial charge in [0, 0.05) is 17.7 Å². The zero-order chi connectivity index (χ0) is 14.6. The number of phenols is 1. The molecule has 0 aliphatic rings. The van der Waals surface area contributed by atoms with Crippen LogP contribution in [0.15, 0.2) is 18.2 Å². The fourth-order valence-corrected chi connectivity index (χ4v) is 1.71. The number of aromatic hydroxyl groups is 1. The molecule has 0 bridgehead atoms. The highest BCUT2D eigenvalue weighted by Crippen LogP contribution is 2.23. The van der Waals surface area contributed by atoms with E-state index in [1.165, 1.54) is 25.1 Å². The first-order valence-corrected chi connectivity index (χ1v) is 5.85. The van der Waals surface area contributed by atoms with Gasteiger partial charge in [-0.25, -0.2) is 0 Å². The van der Waals surface area contributed by atoms with Crippen LogP contribution in [0.4, 0.5) is 13.2 Å². The molecule has 106 valence electrons. The second-order valence-corrected chi connectivity index (χ2v) is 4.32. The lowest BCUT2D eigenvalue weighted by Crippen LogP contribution is -2.33. The smallest absolute Gasteiger partial charge is 0.401 e. The van der Waals surface area contributed by atoms with Crippen LogP contribution in [-0.4, -0.2) is 35.1 Å². The quantitative estimate of drug-likeness (QED) is 0.840. The molecular weight excluding hydrogens is 259 g/mol. The zero-order valence-corrected chi connectivity index (χ0v) is 10.8. The lowest BCUT2D eigenvalue weighted by atomic mass is 10.1. The van der Waals surface area contributed by atoms with Crippen LogP contribution in [0, 0.1) is 0 Å². The largest absolute Gasteiger partial charge is 0.508 e. The van der Waals surface area contributed by atoms with E-state index in [0.717, 1.165) is 4.90 Å². The van der Waals surface area contributed by atoms with Crippen LogP contribution in [0.25, 0.3) is 0 Å². The number of alkyl halides is 3. The van der Waals surface area contributed by atoms with E-state index in [1.807, 2.05) is 0 Å². The van der Waals surface area contributed by atoms with Gasteiger partial charge in [0.25, 0.3) is 0 Å². The molecule has 0 aliphatic heterocycles. The summed E-state index contributed by atoms with van der Waals surface area (Å²) in [4.78, 5) is 12.4. The van der Waals surface area contributed by atoms with Crippen molar-refractivity contribution in [3.05, 3.63) is 29.3 Å². The molecule has 1 rings (SSSR count). The Labute approximate surface area is 109 Å². The number of Topliss-reactive ketones (excluding diaryl/α,β-unsaturated/α-hetero) is 1. The minimum Gasteiger partial charge on any atom is -0.508 e. The van der Waals surface area contributed by atoms with Gasteiger partial charge in [0.15, 0.2) is 5.78 Å². The standard InChI is InChI=1S/C13H16F3NO2/c1-3-17(8-13(14,15)16)7-11-6-10(9(2)18)4-5-12(11)19/h4-6,19H,3,7-8H2,1-2H3. The molecule has 0 radical (unpaired) electrons. The molecule has 0 spiro atoms. The molecule has 0 unspecified atom stereocenters. The maximum absolute atomic E-state index is 12.3. The van der Waals surface area contributed by atoms with E-state index in [0.29, 0.717) is 11.1 Å². The minimum absolute atomic E-state index is 0.0526. The van der Waals surface area contributed by atoms with Gasteiger partial charge in [-0.05, 0) is 31.7 Å². The maximum atomic E-state index is 12.3. The van der Waals surface area contributed by atoms with Crippen molar-refractivity contribution >= 4 is 5.78 Å². The Morgan fingerprint density at radius 2 is 2.00 bits per heavy atom. The molecule has 1 aromatic carbocycles. The van der Waals surface area contributed by atoms with Crippen LogP contribution in [-0.2, 0) is 6.54 Å². The number of hydrogen-bond acceptors (Lipinski definition) is 3. The molecule has 0 aliphatic carbocycles. The van der Waals surface area contributed by atoms with Gasteiger partial charge in [-0.15, -0.1) is 0 Å². The second kappa shape index (κ2) is 6.06. The second-order valence-electron chi connectivity index (χ2n) is 4.32. The Balaban J connectivity index is 2.90. The van der Waals surface area contributed by atoms with Crippen LogP contribution < -0.4 is 0 Å². The average Bonchev–Trinajstić information content (AvgIpc) is 2.28. The van der Waals surface area contributed by atoms with Gasteiger partial charge < -0.3 is 5.11 Å². The Bertz CT molecular complexity index is 458. The number of carbonyl (C=O) groups excluding carboxylic acids is 1. The third-order valence-electron chi connectivity index (χ3n) is 2.73. The third kappa shape index (κ3) is 4.90. The topological polar surface area (TPSA) is 40.5 Å². The summed E-state index contributed by atoms with van der Waals surface area (Å²) in [5.74, 6) is -0.300. The van der Waals surface area contributed by atoms with Crippen LogP contribution in [0.2, 0.25) is 0 Å². The molecule has 0 saturated heterocycles. The van der Waals surface area contributed by atoms with Crippen molar-refractivity contribution in [2.75, 3.05) is 13.1 Å². The van der Waals surface area contributed by atoms with E-state index >= 15 is 0 Å². The first kappa shape index (κ1) is 15.5. The number of hydrogen-bond donors (Lipinski definition) is 1. The highest BCUT2D eigenvalue weighted by atomic mass is 19.4. The summed E-state index contributed by atoms with van der Waals surface area (Å²) in [7, 11) is 0. The van der Waals surface area contributed by atoms with Crippen LogP contribution in [0.1, 0.15) is 29.8 Å². The van der Waals surface area contributed by atoms with E-state index in [2.05, 4.69) is 0 Å². The number of phenolic OH excluding ortho intramolecular Hbond substituents is 1. The van der Waals surface area contributed by atoms with E-state index in [1.54, 1.807) is 6.92 Å². The average molecular weight is 275 g/mol. The summed E-state index contributed by atoms with van der Waals surface area (Å²) in [6.07, 6.45) is -4.29. The first-order chi connectivity index (χ1) is 8.73. The molecule has 3 nitrogen and oxygen atoms in total. The van der Waals surface area contributed by atoms with Gasteiger partial charge in [-0.3, -0.25) is 9.69 Å². The van der Waals surface area contributed by atoms with Gasteiger partial charge in [-0.2, -0.15) is 13.2 Å². The summed E-state index contributed by atoms with van der Waals surface area (Å²) in [6, 6.07) is 4.20. The van der Waals surface area contributed by atoms with E-state index < -0.39 is 12.7 Å². The Kier molecular flexibility index (Phi) is 4.94. The minimum atomic E-state index is -4.29. The van der Waals surface area contributed by atoms with Crippen molar-refractivity contribution in [3.63, 3.8) is 0 Å². The summed E-state index contributed by atoms with van der Waals surface area (Å²) in [5.41, 5.74) is 0.690.